The van der Waals surface area contributed by atoms with Crippen molar-refractivity contribution in [1.29, 1.82) is 0 Å². The van der Waals surface area contributed by atoms with Crippen LogP contribution in [0.15, 0.2) is 48.5 Å². The highest BCUT2D eigenvalue weighted by atomic mass is 16.2. The summed E-state index contributed by atoms with van der Waals surface area (Å²) in [4.78, 5) is 25.0. The molecule has 2 aromatic carbocycles. The molecular weight excluding hydrogens is 350 g/mol. The van der Waals surface area contributed by atoms with Crippen LogP contribution in [0.1, 0.15) is 17.8 Å². The first-order valence-electron chi connectivity index (χ1n) is 9.92. The number of nitrogens with zero attached hydrogens (tertiary/aromatic N) is 3. The standard InChI is InChI=1S/C22H27N5O/c1-17-6-4-7-18(14-17)23-15-22(28)27-11-5-10-26(12-13-27)16-21-24-19-8-2-3-9-20(19)25-21/h2-4,6-9,14,23H,5,10-13,15-16H2,1H3,(H,24,25). The van der Waals surface area contributed by atoms with Gasteiger partial charge in [-0.2, -0.15) is 0 Å². The van der Waals surface area contributed by atoms with Gasteiger partial charge in [-0.3, -0.25) is 9.69 Å². The summed E-state index contributed by atoms with van der Waals surface area (Å²) in [5, 5.41) is 3.25. The Kier molecular flexibility index (Phi) is 5.58. The molecule has 0 spiro atoms. The van der Waals surface area contributed by atoms with Crippen LogP contribution < -0.4 is 5.32 Å². The van der Waals surface area contributed by atoms with Gasteiger partial charge in [-0.25, -0.2) is 4.98 Å². The highest BCUT2D eigenvalue weighted by molar-refractivity contribution is 5.81. The number of imidazole rings is 1. The summed E-state index contributed by atoms with van der Waals surface area (Å²) in [5.41, 5.74) is 4.26. The number of carbonyl (C=O) groups is 1. The number of hydrogen-bond acceptors (Lipinski definition) is 4. The average molecular weight is 377 g/mol. The number of para-hydroxylation sites is 2. The van der Waals surface area contributed by atoms with Gasteiger partial charge in [0.25, 0.3) is 0 Å². The van der Waals surface area contributed by atoms with Gasteiger partial charge in [0.1, 0.15) is 5.82 Å². The second-order valence-electron chi connectivity index (χ2n) is 7.43. The Morgan fingerprint density at radius 3 is 2.86 bits per heavy atom. The fraction of sp³-hybridized carbons (Fsp3) is 0.364. The molecule has 0 radical (unpaired) electrons. The van der Waals surface area contributed by atoms with E-state index < -0.39 is 0 Å². The second-order valence-corrected chi connectivity index (χ2v) is 7.43. The maximum absolute atomic E-state index is 12.6. The second kappa shape index (κ2) is 8.44. The number of amides is 1. The van der Waals surface area contributed by atoms with E-state index in [0.29, 0.717) is 6.54 Å². The van der Waals surface area contributed by atoms with Crippen molar-refractivity contribution in [2.24, 2.45) is 0 Å². The zero-order valence-corrected chi connectivity index (χ0v) is 16.3. The first-order chi connectivity index (χ1) is 13.7. The Bertz CT molecular complexity index is 918. The van der Waals surface area contributed by atoms with Gasteiger partial charge in [0.15, 0.2) is 0 Å². The lowest BCUT2D eigenvalue weighted by Gasteiger charge is -2.22. The largest absolute Gasteiger partial charge is 0.376 e. The van der Waals surface area contributed by atoms with E-state index >= 15 is 0 Å². The molecule has 4 rings (SSSR count). The number of aromatic nitrogens is 2. The number of nitrogens with one attached hydrogen (secondary N) is 2. The molecule has 0 saturated carbocycles. The molecule has 2 N–H and O–H groups in total. The minimum atomic E-state index is 0.159. The van der Waals surface area contributed by atoms with E-state index in [-0.39, 0.29) is 5.91 Å². The van der Waals surface area contributed by atoms with Crippen LogP contribution in [0.2, 0.25) is 0 Å². The molecule has 0 bridgehead atoms. The van der Waals surface area contributed by atoms with Crippen LogP contribution in [0.3, 0.4) is 0 Å². The molecule has 2 heterocycles. The molecule has 3 aromatic rings. The third kappa shape index (κ3) is 4.51. The van der Waals surface area contributed by atoms with Crippen molar-refractivity contribution < 1.29 is 4.79 Å². The summed E-state index contributed by atoms with van der Waals surface area (Å²) in [6, 6.07) is 16.2. The average Bonchev–Trinajstić information content (AvgIpc) is 2.96. The first kappa shape index (κ1) is 18.5. The number of aromatic amines is 1. The number of hydrogen-bond donors (Lipinski definition) is 2. The van der Waals surface area contributed by atoms with E-state index in [4.69, 9.17) is 0 Å². The van der Waals surface area contributed by atoms with E-state index in [2.05, 4.69) is 45.3 Å². The lowest BCUT2D eigenvalue weighted by molar-refractivity contribution is -0.129. The highest BCUT2D eigenvalue weighted by Gasteiger charge is 2.19. The summed E-state index contributed by atoms with van der Waals surface area (Å²) in [5.74, 6) is 1.15. The summed E-state index contributed by atoms with van der Waals surface area (Å²) in [6.07, 6.45) is 0.983. The number of fused-ring (bicyclic) bond motifs is 1. The fourth-order valence-electron chi connectivity index (χ4n) is 3.72. The van der Waals surface area contributed by atoms with Crippen molar-refractivity contribution in [3.63, 3.8) is 0 Å². The van der Waals surface area contributed by atoms with E-state index in [0.717, 1.165) is 61.7 Å². The number of anilines is 1. The maximum atomic E-state index is 12.6. The normalized spacial score (nSPS) is 15.5. The van der Waals surface area contributed by atoms with Crippen LogP contribution >= 0.6 is 0 Å². The molecule has 6 nitrogen and oxygen atoms in total. The minimum absolute atomic E-state index is 0.159. The Hall–Kier alpha value is -2.86. The van der Waals surface area contributed by atoms with Crippen LogP contribution in [0, 0.1) is 6.92 Å². The van der Waals surface area contributed by atoms with Crippen molar-refractivity contribution in [2.45, 2.75) is 19.9 Å². The molecule has 1 saturated heterocycles. The number of benzene rings is 2. The molecule has 0 unspecified atom stereocenters. The van der Waals surface area contributed by atoms with Gasteiger partial charge in [0, 0.05) is 31.9 Å². The molecule has 146 valence electrons. The summed E-state index contributed by atoms with van der Waals surface area (Å²) >= 11 is 0. The van der Waals surface area contributed by atoms with E-state index in [1.165, 1.54) is 5.56 Å². The van der Waals surface area contributed by atoms with Gasteiger partial charge in [-0.15, -0.1) is 0 Å². The van der Waals surface area contributed by atoms with Gasteiger partial charge in [-0.1, -0.05) is 24.3 Å². The number of aryl methyl sites for hydroxylation is 1. The predicted octanol–water partition coefficient (Wildman–Crippen LogP) is 3.02. The number of carbonyl (C=O) groups excluding carboxylic acids is 1. The zero-order chi connectivity index (χ0) is 19.3. The van der Waals surface area contributed by atoms with Crippen LogP contribution in [0.25, 0.3) is 11.0 Å². The maximum Gasteiger partial charge on any atom is 0.241 e. The summed E-state index contributed by atoms with van der Waals surface area (Å²) in [7, 11) is 0. The molecule has 1 fully saturated rings. The topological polar surface area (TPSA) is 64.3 Å². The molecule has 1 amide bonds. The van der Waals surface area contributed by atoms with Crippen molar-refractivity contribution in [3.05, 3.63) is 59.9 Å². The molecule has 1 aliphatic rings. The van der Waals surface area contributed by atoms with Crippen LogP contribution in [0.4, 0.5) is 5.69 Å². The van der Waals surface area contributed by atoms with Gasteiger partial charge in [-0.05, 0) is 43.2 Å². The molecule has 0 aliphatic carbocycles. The molecule has 0 atom stereocenters. The van der Waals surface area contributed by atoms with Crippen molar-refractivity contribution in [2.75, 3.05) is 38.0 Å². The molecule has 1 aromatic heterocycles. The molecule has 6 heteroatoms. The first-order valence-corrected chi connectivity index (χ1v) is 9.92. The Labute approximate surface area is 165 Å². The monoisotopic (exact) mass is 377 g/mol. The molecule has 28 heavy (non-hydrogen) atoms. The fourth-order valence-corrected chi connectivity index (χ4v) is 3.72. The van der Waals surface area contributed by atoms with E-state index in [1.807, 2.05) is 35.2 Å². The highest BCUT2D eigenvalue weighted by Crippen LogP contribution is 2.14. The molecule has 1 aliphatic heterocycles. The lowest BCUT2D eigenvalue weighted by Crippen LogP contribution is -2.38. The Morgan fingerprint density at radius 1 is 1.11 bits per heavy atom. The van der Waals surface area contributed by atoms with E-state index in [9.17, 15) is 4.79 Å². The predicted molar refractivity (Wildman–Crippen MR) is 112 cm³/mol. The van der Waals surface area contributed by atoms with Crippen molar-refractivity contribution >= 4 is 22.6 Å². The number of H-pyrrole nitrogens is 1. The smallest absolute Gasteiger partial charge is 0.241 e. The molecular formula is C22H27N5O. The zero-order valence-electron chi connectivity index (χ0n) is 16.3. The van der Waals surface area contributed by atoms with Gasteiger partial charge in [0.05, 0.1) is 24.1 Å². The number of rotatable bonds is 5. The summed E-state index contributed by atoms with van der Waals surface area (Å²) in [6.45, 7) is 6.60. The third-order valence-corrected chi connectivity index (χ3v) is 5.21. The third-order valence-electron chi connectivity index (χ3n) is 5.21. The van der Waals surface area contributed by atoms with Crippen molar-refractivity contribution in [3.8, 4) is 0 Å². The van der Waals surface area contributed by atoms with Crippen LogP contribution in [-0.4, -0.2) is 58.4 Å². The Balaban J connectivity index is 1.29. The quantitative estimate of drug-likeness (QED) is 0.717. The lowest BCUT2D eigenvalue weighted by atomic mass is 10.2. The van der Waals surface area contributed by atoms with Crippen LogP contribution in [0.5, 0.6) is 0 Å². The van der Waals surface area contributed by atoms with Gasteiger partial charge in [0.2, 0.25) is 5.91 Å². The van der Waals surface area contributed by atoms with Gasteiger partial charge >= 0.3 is 0 Å². The van der Waals surface area contributed by atoms with Gasteiger partial charge < -0.3 is 15.2 Å². The van der Waals surface area contributed by atoms with Crippen LogP contribution in [-0.2, 0) is 11.3 Å². The summed E-state index contributed by atoms with van der Waals surface area (Å²) < 4.78 is 0. The SMILES string of the molecule is Cc1cccc(NCC(=O)N2CCCN(Cc3nc4ccccc4[nH]3)CC2)c1. The minimum Gasteiger partial charge on any atom is -0.376 e. The van der Waals surface area contributed by atoms with E-state index in [1.54, 1.807) is 0 Å². The Morgan fingerprint density at radius 2 is 2.00 bits per heavy atom. The van der Waals surface area contributed by atoms with Crippen molar-refractivity contribution in [1.82, 2.24) is 19.8 Å².